The van der Waals surface area contributed by atoms with Crippen molar-refractivity contribution in [2.45, 2.75) is 18.2 Å². The summed E-state index contributed by atoms with van der Waals surface area (Å²) in [5.74, 6) is -2.22. The molecule has 1 amide bonds. The van der Waals surface area contributed by atoms with Gasteiger partial charge in [0.05, 0.1) is 10.4 Å². The molecule has 0 aromatic heterocycles. The highest BCUT2D eigenvalue weighted by Gasteiger charge is 2.76. The third-order valence-corrected chi connectivity index (χ3v) is 7.76. The largest absolute Gasteiger partial charge is 0.384 e. The number of carbonyl (C=O) groups is 2. The average molecular weight is 574 g/mol. The monoisotopic (exact) mass is 572 g/mol. The molecule has 0 saturated heterocycles. The minimum Gasteiger partial charge on any atom is -0.384 e. The van der Waals surface area contributed by atoms with Crippen LogP contribution in [-0.2, 0) is 4.79 Å². The Balaban J connectivity index is 1.80. The molecule has 0 spiro atoms. The zero-order valence-corrected chi connectivity index (χ0v) is 22.3. The van der Waals surface area contributed by atoms with Gasteiger partial charge in [0.25, 0.3) is 5.91 Å². The lowest BCUT2D eigenvalue weighted by Crippen LogP contribution is -2.24. The quantitative estimate of drug-likeness (QED) is 0.181. The summed E-state index contributed by atoms with van der Waals surface area (Å²) in [4.78, 5) is 25.0. The van der Waals surface area contributed by atoms with E-state index in [-0.39, 0.29) is 17.1 Å². The Hall–Kier alpha value is -2.38. The highest BCUT2D eigenvalue weighted by atomic mass is 35.5. The second-order valence-corrected chi connectivity index (χ2v) is 10.8. The van der Waals surface area contributed by atoms with E-state index >= 15 is 0 Å². The van der Waals surface area contributed by atoms with Gasteiger partial charge in [0, 0.05) is 34.4 Å². The van der Waals surface area contributed by atoms with E-state index in [1.807, 2.05) is 0 Å². The van der Waals surface area contributed by atoms with Crippen molar-refractivity contribution >= 4 is 70.0 Å². The molecule has 36 heavy (non-hydrogen) atoms. The highest BCUT2D eigenvalue weighted by Crippen LogP contribution is 2.70. The van der Waals surface area contributed by atoms with Gasteiger partial charge in [-0.1, -0.05) is 59.1 Å². The maximum absolute atomic E-state index is 13.7. The molecule has 4 nitrogen and oxygen atoms in total. The van der Waals surface area contributed by atoms with Gasteiger partial charge in [0.2, 0.25) is 0 Å². The van der Waals surface area contributed by atoms with E-state index in [4.69, 9.17) is 46.4 Å². The van der Waals surface area contributed by atoms with Crippen LogP contribution in [0.15, 0.2) is 71.6 Å². The third-order valence-electron chi connectivity index (χ3n) is 6.04. The van der Waals surface area contributed by atoms with E-state index < -0.39 is 33.2 Å². The number of nitrogens with one attached hydrogen (secondary N) is 2. The number of alkyl halides is 2. The van der Waals surface area contributed by atoms with Crippen molar-refractivity contribution in [3.05, 3.63) is 93.5 Å². The molecule has 2 N–H and O–H groups in total. The van der Waals surface area contributed by atoms with Crippen LogP contribution in [0.3, 0.4) is 0 Å². The summed E-state index contributed by atoms with van der Waals surface area (Å²) < 4.78 is 25.4. The van der Waals surface area contributed by atoms with Crippen LogP contribution in [0, 0.1) is 24.1 Å². The lowest BCUT2D eigenvalue weighted by Gasteiger charge is -2.16. The summed E-state index contributed by atoms with van der Waals surface area (Å²) in [6.45, 7) is 6.95. The van der Waals surface area contributed by atoms with Crippen LogP contribution in [0.5, 0.6) is 0 Å². The van der Waals surface area contributed by atoms with Crippen molar-refractivity contribution in [1.29, 1.82) is 0 Å². The molecule has 2 aromatic rings. The van der Waals surface area contributed by atoms with Crippen molar-refractivity contribution in [2.75, 3.05) is 17.2 Å². The maximum Gasteiger partial charge on any atom is 0.256 e. The van der Waals surface area contributed by atoms with Crippen molar-refractivity contribution in [2.24, 2.45) is 11.3 Å². The van der Waals surface area contributed by atoms with Crippen LogP contribution in [-0.4, -0.2) is 23.1 Å². The van der Waals surface area contributed by atoms with Gasteiger partial charge in [-0.15, -0.1) is 0 Å². The zero-order valence-electron chi connectivity index (χ0n) is 19.3. The predicted molar refractivity (Wildman–Crippen MR) is 143 cm³/mol. The molecule has 1 saturated carbocycles. The summed E-state index contributed by atoms with van der Waals surface area (Å²) in [7, 11) is 0. The van der Waals surface area contributed by atoms with E-state index in [2.05, 4.69) is 17.2 Å². The minimum atomic E-state index is -1.49. The van der Waals surface area contributed by atoms with E-state index in [0.717, 1.165) is 6.08 Å². The summed E-state index contributed by atoms with van der Waals surface area (Å²) in [6, 6.07) is 8.50. The van der Waals surface area contributed by atoms with Gasteiger partial charge < -0.3 is 15.4 Å². The smallest absolute Gasteiger partial charge is 0.256 e. The van der Waals surface area contributed by atoms with Gasteiger partial charge in [-0.25, -0.2) is 8.78 Å². The van der Waals surface area contributed by atoms with Gasteiger partial charge in [-0.2, -0.15) is 0 Å². The van der Waals surface area contributed by atoms with Gasteiger partial charge in [-0.3, -0.25) is 4.79 Å². The molecule has 0 radical (unpaired) electrons. The molecule has 1 fully saturated rings. The van der Waals surface area contributed by atoms with Crippen LogP contribution in [0.25, 0.3) is 0 Å². The number of anilines is 2. The minimum absolute atomic E-state index is 0.00765. The van der Waals surface area contributed by atoms with E-state index in [9.17, 15) is 18.4 Å². The number of carbonyl (C=O) groups excluding carboxylic acids is 2. The fraction of sp³-hybridized carbons (Fsp3) is 0.231. The van der Waals surface area contributed by atoms with Gasteiger partial charge in [0.15, 0.2) is 0 Å². The molecule has 3 rings (SSSR count). The average Bonchev–Trinajstić information content (AvgIpc) is 3.33. The van der Waals surface area contributed by atoms with Crippen molar-refractivity contribution < 1.29 is 18.4 Å². The first kappa shape index (κ1) is 28.2. The number of benzene rings is 2. The molecule has 190 valence electrons. The second-order valence-electron chi connectivity index (χ2n) is 8.45. The SMILES string of the molecule is C=C(/C=C\C(F)=C(/C)Cl)C1C(Cl)(Cl)C1(C=O)CNc1cc(Cl)c(C)c(C(=O)Nc2ccc(F)cc2)c1. The molecule has 0 heterocycles. The number of hydrogen-bond donors (Lipinski definition) is 2. The molecule has 10 heteroatoms. The molecule has 0 aliphatic heterocycles. The predicted octanol–water partition coefficient (Wildman–Crippen LogP) is 7.99. The van der Waals surface area contributed by atoms with Crippen LogP contribution in [0.4, 0.5) is 20.2 Å². The molecular weight excluding hydrogens is 552 g/mol. The number of aldehydes is 1. The standard InChI is InChI=1S/C26H22Cl4F2N2O2/c1-14(4-9-22(32)16(3)27)23-25(13-35,26(23,29)30)12-33-19-10-20(15(2)21(28)11-19)24(36)34-18-7-5-17(31)6-8-18/h4-11,13,23,33H,1,12H2,2-3H3,(H,34,36)/b9-4-,22-16-. The molecule has 0 bridgehead atoms. The number of amides is 1. The number of rotatable bonds is 9. The normalized spacial score (nSPS) is 21.1. The van der Waals surface area contributed by atoms with Crippen molar-refractivity contribution in [3.8, 4) is 0 Å². The Bertz CT molecular complexity index is 1270. The zero-order chi connectivity index (χ0) is 26.8. The Kier molecular flexibility index (Phi) is 8.56. The fourth-order valence-corrected chi connectivity index (χ4v) is 5.12. The summed E-state index contributed by atoms with van der Waals surface area (Å²) >= 11 is 24.9. The Morgan fingerprint density at radius 2 is 1.81 bits per heavy atom. The first-order valence-electron chi connectivity index (χ1n) is 10.7. The van der Waals surface area contributed by atoms with E-state index in [0.29, 0.717) is 33.8 Å². The molecule has 1 aliphatic rings. The summed E-state index contributed by atoms with van der Waals surface area (Å²) in [5, 5.41) is 6.04. The summed E-state index contributed by atoms with van der Waals surface area (Å²) in [6.07, 6.45) is 3.14. The maximum atomic E-state index is 13.7. The molecule has 1 aliphatic carbocycles. The van der Waals surface area contributed by atoms with Gasteiger partial charge in [0.1, 0.15) is 22.3 Å². The third kappa shape index (κ3) is 5.62. The van der Waals surface area contributed by atoms with Gasteiger partial charge >= 0.3 is 0 Å². The van der Waals surface area contributed by atoms with Gasteiger partial charge in [-0.05, 0) is 67.5 Å². The first-order chi connectivity index (χ1) is 16.8. The summed E-state index contributed by atoms with van der Waals surface area (Å²) in [5.41, 5.74) is 0.746. The van der Waals surface area contributed by atoms with E-state index in [1.165, 1.54) is 37.3 Å². The number of halogens is 6. The molecule has 2 aromatic carbocycles. The Labute approximate surface area is 227 Å². The van der Waals surface area contributed by atoms with Crippen LogP contribution < -0.4 is 10.6 Å². The van der Waals surface area contributed by atoms with E-state index in [1.54, 1.807) is 19.1 Å². The first-order valence-corrected chi connectivity index (χ1v) is 12.2. The fourth-order valence-electron chi connectivity index (χ4n) is 3.84. The Morgan fingerprint density at radius 3 is 2.39 bits per heavy atom. The van der Waals surface area contributed by atoms with Crippen LogP contribution in [0.2, 0.25) is 5.02 Å². The van der Waals surface area contributed by atoms with Crippen LogP contribution >= 0.6 is 46.4 Å². The molecule has 2 atom stereocenters. The van der Waals surface area contributed by atoms with Crippen LogP contribution in [0.1, 0.15) is 22.8 Å². The molecule has 2 unspecified atom stereocenters. The van der Waals surface area contributed by atoms with Crippen molar-refractivity contribution in [1.82, 2.24) is 0 Å². The Morgan fingerprint density at radius 1 is 1.17 bits per heavy atom. The highest BCUT2D eigenvalue weighted by molar-refractivity contribution is 6.53. The number of allylic oxidation sites excluding steroid dienone is 5. The topological polar surface area (TPSA) is 58.2 Å². The molecular formula is C26H22Cl4F2N2O2. The number of hydrogen-bond acceptors (Lipinski definition) is 3. The second kappa shape index (κ2) is 10.9. The van der Waals surface area contributed by atoms with Crippen molar-refractivity contribution in [3.63, 3.8) is 0 Å². The lowest BCUT2D eigenvalue weighted by molar-refractivity contribution is -0.112. The lowest BCUT2D eigenvalue weighted by atomic mass is 10.0.